The van der Waals surface area contributed by atoms with Crippen molar-refractivity contribution >= 4 is 10.9 Å². The summed E-state index contributed by atoms with van der Waals surface area (Å²) in [6.45, 7) is 0. The van der Waals surface area contributed by atoms with Gasteiger partial charge in [-0.2, -0.15) is 4.39 Å². The van der Waals surface area contributed by atoms with E-state index in [9.17, 15) is 22.4 Å². The van der Waals surface area contributed by atoms with E-state index in [1.165, 1.54) is 31.6 Å². The van der Waals surface area contributed by atoms with Gasteiger partial charge in [-0.1, -0.05) is 6.07 Å². The highest BCUT2D eigenvalue weighted by Crippen LogP contribution is 2.51. The van der Waals surface area contributed by atoms with Crippen LogP contribution in [0.3, 0.4) is 0 Å². The molecule has 0 aliphatic heterocycles. The fourth-order valence-corrected chi connectivity index (χ4v) is 4.19. The predicted molar refractivity (Wildman–Crippen MR) is 99.6 cm³/mol. The summed E-state index contributed by atoms with van der Waals surface area (Å²) in [7, 11) is 1.21. The lowest BCUT2D eigenvalue weighted by atomic mass is 9.72. The standard InChI is InChI=1S/C21H18F4N2O2/c1-29-20-12(2-3-15(22)19(20)23)11-4-6-21(24,25)9-13(11)17-8-18(28)14-10-26-7-5-16(14)27-17/h2-3,5,7-8,10-11,13H,4,6,9H2,1H3,(H,27,28)/t11-,13+/m0/s1. The lowest BCUT2D eigenvalue weighted by Gasteiger charge is -2.37. The number of benzene rings is 1. The maximum atomic E-state index is 14.3. The van der Waals surface area contributed by atoms with Gasteiger partial charge in [0.2, 0.25) is 11.7 Å². The number of rotatable bonds is 3. The van der Waals surface area contributed by atoms with E-state index in [1.54, 1.807) is 6.07 Å². The maximum Gasteiger partial charge on any atom is 0.248 e. The Morgan fingerprint density at radius 3 is 2.76 bits per heavy atom. The Hall–Kier alpha value is -2.90. The quantitative estimate of drug-likeness (QED) is 0.630. The topological polar surface area (TPSA) is 55.0 Å². The van der Waals surface area contributed by atoms with Crippen LogP contribution in [0.5, 0.6) is 5.75 Å². The minimum absolute atomic E-state index is 0.0372. The Morgan fingerprint density at radius 2 is 2.00 bits per heavy atom. The second kappa shape index (κ2) is 7.17. The number of nitrogens with zero attached hydrogens (tertiary/aromatic N) is 1. The SMILES string of the molecule is COc1c([C@@H]2CCC(F)(F)C[C@H]2c2cc(=O)c3cnccc3[nH]2)ccc(F)c1F. The minimum atomic E-state index is -2.93. The molecule has 3 aromatic rings. The van der Waals surface area contributed by atoms with Crippen molar-refractivity contribution in [3.63, 3.8) is 0 Å². The van der Waals surface area contributed by atoms with Crippen molar-refractivity contribution in [1.82, 2.24) is 9.97 Å². The highest BCUT2D eigenvalue weighted by molar-refractivity contribution is 5.77. The Morgan fingerprint density at radius 1 is 1.21 bits per heavy atom. The summed E-state index contributed by atoms with van der Waals surface area (Å²) in [6.07, 6.45) is 2.02. The van der Waals surface area contributed by atoms with Crippen LogP contribution in [0.1, 0.15) is 42.4 Å². The number of methoxy groups -OCH3 is 1. The van der Waals surface area contributed by atoms with Gasteiger partial charge in [0.1, 0.15) is 0 Å². The van der Waals surface area contributed by atoms with Crippen LogP contribution in [-0.4, -0.2) is 23.0 Å². The van der Waals surface area contributed by atoms with E-state index >= 15 is 0 Å². The van der Waals surface area contributed by atoms with Crippen molar-refractivity contribution < 1.29 is 22.3 Å². The monoisotopic (exact) mass is 406 g/mol. The molecule has 1 aromatic carbocycles. The third-order valence-corrected chi connectivity index (χ3v) is 5.56. The molecule has 0 spiro atoms. The van der Waals surface area contributed by atoms with Crippen molar-refractivity contribution in [2.24, 2.45) is 0 Å². The number of alkyl halides is 2. The van der Waals surface area contributed by atoms with Gasteiger partial charge in [0.15, 0.2) is 17.0 Å². The number of hydrogen-bond donors (Lipinski definition) is 1. The number of fused-ring (bicyclic) bond motifs is 1. The average molecular weight is 406 g/mol. The number of hydrogen-bond acceptors (Lipinski definition) is 3. The van der Waals surface area contributed by atoms with Crippen LogP contribution in [0.15, 0.2) is 41.5 Å². The lowest BCUT2D eigenvalue weighted by molar-refractivity contribution is -0.0466. The number of aromatic nitrogens is 2. The summed E-state index contributed by atoms with van der Waals surface area (Å²) >= 11 is 0. The zero-order valence-corrected chi connectivity index (χ0v) is 15.5. The Labute approximate surface area is 163 Å². The Balaban J connectivity index is 1.87. The molecule has 29 heavy (non-hydrogen) atoms. The van der Waals surface area contributed by atoms with Crippen molar-refractivity contribution in [3.8, 4) is 5.75 Å². The average Bonchev–Trinajstić information content (AvgIpc) is 2.69. The van der Waals surface area contributed by atoms with Crippen LogP contribution >= 0.6 is 0 Å². The van der Waals surface area contributed by atoms with Gasteiger partial charge in [0.25, 0.3) is 0 Å². The molecule has 1 fully saturated rings. The van der Waals surface area contributed by atoms with E-state index in [0.717, 1.165) is 6.07 Å². The number of pyridine rings is 2. The van der Waals surface area contributed by atoms with Gasteiger partial charge in [-0.3, -0.25) is 9.78 Å². The van der Waals surface area contributed by atoms with Gasteiger partial charge in [0, 0.05) is 48.5 Å². The molecule has 1 aliphatic rings. The molecule has 1 aliphatic carbocycles. The first-order valence-corrected chi connectivity index (χ1v) is 9.17. The number of H-pyrrole nitrogens is 1. The molecule has 0 saturated heterocycles. The van der Waals surface area contributed by atoms with Gasteiger partial charge in [-0.05, 0) is 24.5 Å². The van der Waals surface area contributed by atoms with Crippen molar-refractivity contribution in [2.45, 2.75) is 37.0 Å². The first-order chi connectivity index (χ1) is 13.8. The summed E-state index contributed by atoms with van der Waals surface area (Å²) in [5.74, 6) is -6.83. The molecule has 0 radical (unpaired) electrons. The highest BCUT2D eigenvalue weighted by atomic mass is 19.3. The zero-order chi connectivity index (χ0) is 20.8. The molecule has 2 aromatic heterocycles. The van der Waals surface area contributed by atoms with Crippen LogP contribution in [0.4, 0.5) is 17.6 Å². The molecule has 0 unspecified atom stereocenters. The highest BCUT2D eigenvalue weighted by Gasteiger charge is 2.44. The summed E-state index contributed by atoms with van der Waals surface area (Å²) < 4.78 is 61.6. The molecule has 2 atom stereocenters. The minimum Gasteiger partial charge on any atom is -0.493 e. The van der Waals surface area contributed by atoms with Crippen molar-refractivity contribution in [3.05, 3.63) is 69.8 Å². The largest absolute Gasteiger partial charge is 0.493 e. The summed E-state index contributed by atoms with van der Waals surface area (Å²) in [4.78, 5) is 19.5. The van der Waals surface area contributed by atoms with Crippen LogP contribution in [0.25, 0.3) is 10.9 Å². The van der Waals surface area contributed by atoms with Crippen molar-refractivity contribution in [1.29, 1.82) is 0 Å². The fourth-order valence-electron chi connectivity index (χ4n) is 4.19. The third kappa shape index (κ3) is 3.47. The number of aromatic amines is 1. The first-order valence-electron chi connectivity index (χ1n) is 9.17. The first kappa shape index (κ1) is 19.4. The van der Waals surface area contributed by atoms with Crippen molar-refractivity contribution in [2.75, 3.05) is 7.11 Å². The Bertz CT molecular complexity index is 1130. The molecule has 1 N–H and O–H groups in total. The third-order valence-electron chi connectivity index (χ3n) is 5.56. The van der Waals surface area contributed by atoms with Crippen LogP contribution in [0.2, 0.25) is 0 Å². The summed E-state index contributed by atoms with van der Waals surface area (Å²) in [5.41, 5.74) is 0.770. The number of nitrogens with one attached hydrogen (secondary N) is 1. The predicted octanol–water partition coefficient (Wildman–Crippen LogP) is 4.90. The van der Waals surface area contributed by atoms with E-state index in [4.69, 9.17) is 4.74 Å². The molecular formula is C21H18F4N2O2. The normalized spacial score (nSPS) is 21.3. The van der Waals surface area contributed by atoms with Gasteiger partial charge in [-0.15, -0.1) is 0 Å². The molecule has 0 amide bonds. The molecule has 152 valence electrons. The van der Waals surface area contributed by atoms with E-state index < -0.39 is 42.2 Å². The van der Waals surface area contributed by atoms with Crippen LogP contribution in [-0.2, 0) is 0 Å². The van der Waals surface area contributed by atoms with E-state index in [1.807, 2.05) is 0 Å². The fraction of sp³-hybridized carbons (Fsp3) is 0.333. The van der Waals surface area contributed by atoms with E-state index in [2.05, 4.69) is 9.97 Å². The lowest BCUT2D eigenvalue weighted by Crippen LogP contribution is -2.31. The van der Waals surface area contributed by atoms with Crippen LogP contribution < -0.4 is 10.2 Å². The van der Waals surface area contributed by atoms with Gasteiger partial charge < -0.3 is 9.72 Å². The zero-order valence-electron chi connectivity index (χ0n) is 15.5. The van der Waals surface area contributed by atoms with Crippen LogP contribution in [0, 0.1) is 11.6 Å². The maximum absolute atomic E-state index is 14.3. The summed E-state index contributed by atoms with van der Waals surface area (Å²) in [5, 5.41) is 0.348. The Kier molecular flexibility index (Phi) is 4.80. The number of ether oxygens (including phenoxy) is 1. The summed E-state index contributed by atoms with van der Waals surface area (Å²) in [6, 6.07) is 5.21. The molecule has 4 rings (SSSR count). The van der Waals surface area contributed by atoms with E-state index in [0.29, 0.717) is 22.2 Å². The molecule has 4 nitrogen and oxygen atoms in total. The second-order valence-electron chi connectivity index (χ2n) is 7.31. The van der Waals surface area contributed by atoms with Gasteiger partial charge in [0.05, 0.1) is 18.0 Å². The van der Waals surface area contributed by atoms with Gasteiger partial charge in [-0.25, -0.2) is 13.2 Å². The molecule has 2 heterocycles. The van der Waals surface area contributed by atoms with E-state index in [-0.39, 0.29) is 17.6 Å². The number of halogens is 4. The van der Waals surface area contributed by atoms with Gasteiger partial charge >= 0.3 is 0 Å². The molecular weight excluding hydrogens is 388 g/mol. The molecule has 8 heteroatoms. The molecule has 0 bridgehead atoms. The second-order valence-corrected chi connectivity index (χ2v) is 7.31. The smallest absolute Gasteiger partial charge is 0.248 e. The molecule has 1 saturated carbocycles.